The van der Waals surface area contributed by atoms with Crippen LogP contribution in [0.3, 0.4) is 0 Å². The van der Waals surface area contributed by atoms with Crippen molar-refractivity contribution >= 4 is 11.5 Å². The molecule has 1 heterocycles. The molecule has 2 aromatic carbocycles. The molecule has 0 bridgehead atoms. The van der Waals surface area contributed by atoms with Gasteiger partial charge in [0.25, 0.3) is 0 Å². The zero-order valence-electron chi connectivity index (χ0n) is 17.4. The third kappa shape index (κ3) is 4.45. The van der Waals surface area contributed by atoms with E-state index in [1.807, 2.05) is 30.3 Å². The molecule has 4 nitrogen and oxygen atoms in total. The van der Waals surface area contributed by atoms with Crippen LogP contribution >= 0.6 is 0 Å². The topological polar surface area (TPSA) is 32.8 Å². The van der Waals surface area contributed by atoms with Crippen LogP contribution in [0.5, 0.6) is 0 Å². The molecule has 28 heavy (non-hydrogen) atoms. The first-order valence-electron chi connectivity index (χ1n) is 10.3. The zero-order chi connectivity index (χ0) is 20.0. The molecule has 4 heteroatoms. The average Bonchev–Trinajstić information content (AvgIpc) is 2.75. The predicted octanol–water partition coefficient (Wildman–Crippen LogP) is 4.05. The molecule has 0 aliphatic carbocycles. The van der Waals surface area contributed by atoms with E-state index in [9.17, 15) is 4.79 Å². The van der Waals surface area contributed by atoms with Crippen LogP contribution in [0.2, 0.25) is 0 Å². The molecule has 1 aliphatic heterocycles. The highest BCUT2D eigenvalue weighted by Crippen LogP contribution is 2.27. The van der Waals surface area contributed by atoms with Crippen LogP contribution in [0.25, 0.3) is 0 Å². The van der Waals surface area contributed by atoms with Crippen molar-refractivity contribution < 1.29 is 9.53 Å². The number of carbonyl (C=O) groups excluding carboxylic acids is 1. The summed E-state index contributed by atoms with van der Waals surface area (Å²) in [7, 11) is 0. The van der Waals surface area contributed by atoms with E-state index in [0.29, 0.717) is 6.42 Å². The van der Waals surface area contributed by atoms with Crippen LogP contribution < -0.4 is 4.90 Å². The number of ether oxygens (including phenoxy) is 1. The summed E-state index contributed by atoms with van der Waals surface area (Å²) in [5, 5.41) is 0. The number of hydrogen-bond donors (Lipinski definition) is 0. The van der Waals surface area contributed by atoms with E-state index in [2.05, 4.69) is 54.8 Å². The Bertz CT molecular complexity index is 750. The molecule has 1 aliphatic rings. The number of ketones is 1. The smallest absolute Gasteiger partial charge is 0.183 e. The van der Waals surface area contributed by atoms with Crippen molar-refractivity contribution in [2.45, 2.75) is 32.7 Å². The molecule has 0 spiro atoms. The summed E-state index contributed by atoms with van der Waals surface area (Å²) >= 11 is 0. The number of rotatable bonds is 8. The van der Waals surface area contributed by atoms with Crippen molar-refractivity contribution in [1.29, 1.82) is 0 Å². The lowest BCUT2D eigenvalue weighted by atomic mass is 9.83. The summed E-state index contributed by atoms with van der Waals surface area (Å²) in [6.45, 7) is 11.4. The molecular formula is C24H32N2O2. The molecule has 0 amide bonds. The fourth-order valence-electron chi connectivity index (χ4n) is 4.21. The maximum Gasteiger partial charge on any atom is 0.183 e. The molecule has 1 fully saturated rings. The number of nitrogens with zero attached hydrogens (tertiary/aromatic N) is 2. The Kier molecular flexibility index (Phi) is 6.87. The number of anilines is 1. The summed E-state index contributed by atoms with van der Waals surface area (Å²) in [6, 6.07) is 18.4. The van der Waals surface area contributed by atoms with Crippen LogP contribution in [0.4, 0.5) is 5.69 Å². The Morgan fingerprint density at radius 2 is 1.61 bits per heavy atom. The minimum atomic E-state index is -0.564. The lowest BCUT2D eigenvalue weighted by molar-refractivity contribution is 0.0619. The van der Waals surface area contributed by atoms with Crippen molar-refractivity contribution in [3.63, 3.8) is 0 Å². The van der Waals surface area contributed by atoms with Gasteiger partial charge in [0, 0.05) is 24.3 Å². The molecule has 150 valence electrons. The number of morpholine rings is 1. The van der Waals surface area contributed by atoms with Gasteiger partial charge in [0.15, 0.2) is 5.78 Å². The third-order valence-electron chi connectivity index (χ3n) is 5.85. The minimum Gasteiger partial charge on any atom is -0.378 e. The molecule has 1 atom stereocenters. The normalized spacial score (nSPS) is 16.8. The van der Waals surface area contributed by atoms with Gasteiger partial charge in [0.05, 0.1) is 18.8 Å². The highest BCUT2D eigenvalue weighted by atomic mass is 16.5. The number of benzene rings is 2. The minimum absolute atomic E-state index is 0.189. The second-order valence-electron chi connectivity index (χ2n) is 7.58. The van der Waals surface area contributed by atoms with Crippen molar-refractivity contribution in [1.82, 2.24) is 4.90 Å². The van der Waals surface area contributed by atoms with E-state index in [1.165, 1.54) is 5.56 Å². The first-order chi connectivity index (χ1) is 13.6. The van der Waals surface area contributed by atoms with Gasteiger partial charge in [0.2, 0.25) is 0 Å². The SMILES string of the molecule is CCN(CC)C(C)(Cc1ccccc1)C(=O)c1ccc(N2CCOCC2)cc1. The van der Waals surface area contributed by atoms with E-state index in [-0.39, 0.29) is 5.78 Å². The van der Waals surface area contributed by atoms with Crippen LogP contribution in [0.1, 0.15) is 36.7 Å². The van der Waals surface area contributed by atoms with Gasteiger partial charge in [-0.15, -0.1) is 0 Å². The first-order valence-corrected chi connectivity index (χ1v) is 10.3. The van der Waals surface area contributed by atoms with E-state index in [1.54, 1.807) is 0 Å². The Morgan fingerprint density at radius 1 is 1.00 bits per heavy atom. The van der Waals surface area contributed by atoms with Crippen molar-refractivity contribution in [3.8, 4) is 0 Å². The van der Waals surface area contributed by atoms with Crippen molar-refractivity contribution in [3.05, 3.63) is 65.7 Å². The lowest BCUT2D eigenvalue weighted by Crippen LogP contribution is -2.54. The second-order valence-corrected chi connectivity index (χ2v) is 7.58. The number of Topliss-reactive ketones (excluding diaryl/α,β-unsaturated/α-hetero) is 1. The Labute approximate surface area is 169 Å². The largest absolute Gasteiger partial charge is 0.378 e. The molecule has 0 radical (unpaired) electrons. The number of likely N-dealkylation sites (N-methyl/N-ethyl adjacent to an activating group) is 1. The first kappa shape index (κ1) is 20.6. The molecule has 2 aromatic rings. The van der Waals surface area contributed by atoms with Gasteiger partial charge in [0.1, 0.15) is 0 Å². The van der Waals surface area contributed by atoms with Gasteiger partial charge in [-0.1, -0.05) is 44.2 Å². The van der Waals surface area contributed by atoms with Gasteiger partial charge < -0.3 is 9.64 Å². The molecule has 1 saturated heterocycles. The summed E-state index contributed by atoms with van der Waals surface area (Å²) in [6.07, 6.45) is 0.708. The Morgan fingerprint density at radius 3 is 2.18 bits per heavy atom. The van der Waals surface area contributed by atoms with Crippen LogP contribution in [0.15, 0.2) is 54.6 Å². The Hall–Kier alpha value is -2.17. The van der Waals surface area contributed by atoms with Gasteiger partial charge in [-0.05, 0) is 56.3 Å². The quantitative estimate of drug-likeness (QED) is 0.647. The van der Waals surface area contributed by atoms with E-state index in [4.69, 9.17) is 4.74 Å². The van der Waals surface area contributed by atoms with E-state index >= 15 is 0 Å². The van der Waals surface area contributed by atoms with Gasteiger partial charge >= 0.3 is 0 Å². The van der Waals surface area contributed by atoms with Crippen molar-refractivity contribution in [2.24, 2.45) is 0 Å². The third-order valence-corrected chi connectivity index (χ3v) is 5.85. The highest BCUT2D eigenvalue weighted by Gasteiger charge is 2.38. The zero-order valence-corrected chi connectivity index (χ0v) is 17.4. The van der Waals surface area contributed by atoms with Gasteiger partial charge in [-0.2, -0.15) is 0 Å². The van der Waals surface area contributed by atoms with E-state index in [0.717, 1.165) is 50.6 Å². The van der Waals surface area contributed by atoms with Crippen LogP contribution in [-0.2, 0) is 11.2 Å². The molecule has 3 rings (SSSR count). The predicted molar refractivity (Wildman–Crippen MR) is 115 cm³/mol. The second kappa shape index (κ2) is 9.35. The van der Waals surface area contributed by atoms with Gasteiger partial charge in [-0.25, -0.2) is 0 Å². The van der Waals surface area contributed by atoms with Crippen LogP contribution in [-0.4, -0.2) is 55.6 Å². The molecule has 0 saturated carbocycles. The fraction of sp³-hybridized carbons (Fsp3) is 0.458. The maximum absolute atomic E-state index is 13.6. The molecule has 0 N–H and O–H groups in total. The maximum atomic E-state index is 13.6. The fourth-order valence-corrected chi connectivity index (χ4v) is 4.21. The van der Waals surface area contributed by atoms with Crippen molar-refractivity contribution in [2.75, 3.05) is 44.3 Å². The van der Waals surface area contributed by atoms with E-state index < -0.39 is 5.54 Å². The Balaban J connectivity index is 1.85. The average molecular weight is 381 g/mol. The molecule has 0 aromatic heterocycles. The highest BCUT2D eigenvalue weighted by molar-refractivity contribution is 6.03. The number of carbonyl (C=O) groups is 1. The lowest BCUT2D eigenvalue weighted by Gasteiger charge is -2.39. The van der Waals surface area contributed by atoms with Crippen LogP contribution in [0, 0.1) is 0 Å². The number of hydrogen-bond acceptors (Lipinski definition) is 4. The standard InChI is InChI=1S/C24H32N2O2/c1-4-26(5-2)24(3,19-20-9-7-6-8-10-20)23(27)21-11-13-22(14-12-21)25-15-17-28-18-16-25/h6-14H,4-5,15-19H2,1-3H3. The van der Waals surface area contributed by atoms with Gasteiger partial charge in [-0.3, -0.25) is 9.69 Å². The molecule has 1 unspecified atom stereocenters. The summed E-state index contributed by atoms with van der Waals surface area (Å²) in [5.74, 6) is 0.189. The summed E-state index contributed by atoms with van der Waals surface area (Å²) < 4.78 is 5.43. The molecular weight excluding hydrogens is 348 g/mol. The summed E-state index contributed by atoms with van der Waals surface area (Å²) in [4.78, 5) is 18.2. The summed E-state index contributed by atoms with van der Waals surface area (Å²) in [5.41, 5.74) is 2.57. The monoisotopic (exact) mass is 380 g/mol.